The summed E-state index contributed by atoms with van der Waals surface area (Å²) in [6.45, 7) is 1.86. The van der Waals surface area contributed by atoms with Crippen molar-refractivity contribution in [2.24, 2.45) is 0 Å². The van der Waals surface area contributed by atoms with Crippen LogP contribution in [0.5, 0.6) is 5.88 Å². The number of hydrogen-bond acceptors (Lipinski definition) is 6. The molecule has 1 aliphatic rings. The van der Waals surface area contributed by atoms with Crippen molar-refractivity contribution >= 4 is 0 Å². The van der Waals surface area contributed by atoms with E-state index in [0.29, 0.717) is 5.88 Å². The van der Waals surface area contributed by atoms with Crippen molar-refractivity contribution in [3.05, 3.63) is 31.1 Å². The van der Waals surface area contributed by atoms with E-state index >= 15 is 0 Å². The van der Waals surface area contributed by atoms with Gasteiger partial charge in [0.05, 0.1) is 5.69 Å². The Balaban J connectivity index is 1.80. The summed E-state index contributed by atoms with van der Waals surface area (Å²) in [5, 5.41) is 3.25. The molecule has 6 nitrogen and oxygen atoms in total. The number of hydrogen-bond donors (Lipinski definition) is 1. The van der Waals surface area contributed by atoms with Gasteiger partial charge in [0.15, 0.2) is 0 Å². The van der Waals surface area contributed by atoms with Gasteiger partial charge in [-0.1, -0.05) is 0 Å². The fraction of sp³-hybridized carbons (Fsp3) is 0.333. The summed E-state index contributed by atoms with van der Waals surface area (Å²) < 4.78 is 5.78. The summed E-state index contributed by atoms with van der Waals surface area (Å²) in [6, 6.07) is 1.82. The Morgan fingerprint density at radius 1 is 1.17 bits per heavy atom. The Labute approximate surface area is 104 Å². The van der Waals surface area contributed by atoms with E-state index in [2.05, 4.69) is 25.3 Å². The number of aromatic nitrogens is 4. The van der Waals surface area contributed by atoms with Crippen LogP contribution in [0, 0.1) is 0 Å². The monoisotopic (exact) mass is 243 g/mol. The summed E-state index contributed by atoms with van der Waals surface area (Å²) in [6.07, 6.45) is 7.63. The molecule has 0 amide bonds. The van der Waals surface area contributed by atoms with Gasteiger partial charge in [-0.3, -0.25) is 0 Å². The van der Waals surface area contributed by atoms with Gasteiger partial charge in [0, 0.05) is 30.6 Å². The predicted molar refractivity (Wildman–Crippen MR) is 65.0 cm³/mol. The maximum absolute atomic E-state index is 5.78. The SMILES string of the molecule is c1ncc(-c2cc(OC3CCNC3)ncn2)cn1. The van der Waals surface area contributed by atoms with Gasteiger partial charge in [0.2, 0.25) is 5.88 Å². The van der Waals surface area contributed by atoms with Crippen molar-refractivity contribution in [3.63, 3.8) is 0 Å². The molecule has 0 aromatic carbocycles. The molecule has 1 aliphatic heterocycles. The molecule has 2 aromatic heterocycles. The average molecular weight is 243 g/mol. The Morgan fingerprint density at radius 3 is 2.83 bits per heavy atom. The van der Waals surface area contributed by atoms with Crippen LogP contribution in [0.25, 0.3) is 11.3 Å². The molecule has 3 rings (SSSR count). The summed E-state index contributed by atoms with van der Waals surface area (Å²) in [4.78, 5) is 16.3. The molecular formula is C12H13N5O. The minimum Gasteiger partial charge on any atom is -0.473 e. The lowest BCUT2D eigenvalue weighted by Gasteiger charge is -2.11. The standard InChI is InChI=1S/C12H13N5O/c1-2-13-6-10(1)18-12-3-11(16-8-17-12)9-4-14-7-15-5-9/h3-5,7-8,10,13H,1-2,6H2. The summed E-state index contributed by atoms with van der Waals surface area (Å²) in [7, 11) is 0. The van der Waals surface area contributed by atoms with Crippen molar-refractivity contribution in [3.8, 4) is 17.1 Å². The van der Waals surface area contributed by atoms with Gasteiger partial charge in [-0.05, 0) is 13.0 Å². The largest absolute Gasteiger partial charge is 0.473 e. The fourth-order valence-electron chi connectivity index (χ4n) is 1.89. The maximum atomic E-state index is 5.78. The molecule has 1 atom stereocenters. The third kappa shape index (κ3) is 2.43. The second-order valence-electron chi connectivity index (χ2n) is 4.10. The third-order valence-corrected chi connectivity index (χ3v) is 2.80. The van der Waals surface area contributed by atoms with E-state index in [1.807, 2.05) is 6.07 Å². The van der Waals surface area contributed by atoms with Crippen LogP contribution in [0.15, 0.2) is 31.1 Å². The zero-order valence-electron chi connectivity index (χ0n) is 9.78. The first-order valence-corrected chi connectivity index (χ1v) is 5.86. The zero-order valence-corrected chi connectivity index (χ0v) is 9.78. The second kappa shape index (κ2) is 5.05. The molecule has 0 saturated carbocycles. The first-order valence-electron chi connectivity index (χ1n) is 5.86. The zero-order chi connectivity index (χ0) is 12.2. The lowest BCUT2D eigenvalue weighted by molar-refractivity contribution is 0.214. The number of rotatable bonds is 3. The highest BCUT2D eigenvalue weighted by Crippen LogP contribution is 2.19. The molecule has 6 heteroatoms. The van der Waals surface area contributed by atoms with E-state index in [0.717, 1.165) is 30.8 Å². The highest BCUT2D eigenvalue weighted by molar-refractivity contribution is 5.57. The number of nitrogens with one attached hydrogen (secondary N) is 1. The van der Waals surface area contributed by atoms with Crippen LogP contribution in [0.1, 0.15) is 6.42 Å². The van der Waals surface area contributed by atoms with Gasteiger partial charge in [-0.15, -0.1) is 0 Å². The van der Waals surface area contributed by atoms with Crippen molar-refractivity contribution in [1.29, 1.82) is 0 Å². The minimum absolute atomic E-state index is 0.194. The molecule has 0 aliphatic carbocycles. The molecule has 0 bridgehead atoms. The second-order valence-corrected chi connectivity index (χ2v) is 4.10. The molecule has 92 valence electrons. The molecule has 1 unspecified atom stereocenters. The lowest BCUT2D eigenvalue weighted by atomic mass is 10.2. The van der Waals surface area contributed by atoms with Crippen LogP contribution in [-0.4, -0.2) is 39.1 Å². The van der Waals surface area contributed by atoms with Crippen LogP contribution < -0.4 is 10.1 Å². The summed E-state index contributed by atoms with van der Waals surface area (Å²) in [5.74, 6) is 0.595. The molecule has 0 radical (unpaired) electrons. The van der Waals surface area contributed by atoms with Crippen LogP contribution in [-0.2, 0) is 0 Å². The van der Waals surface area contributed by atoms with Gasteiger partial charge >= 0.3 is 0 Å². The molecule has 1 saturated heterocycles. The highest BCUT2D eigenvalue weighted by atomic mass is 16.5. The van der Waals surface area contributed by atoms with Gasteiger partial charge in [0.1, 0.15) is 18.8 Å². The van der Waals surface area contributed by atoms with Crippen LogP contribution in [0.4, 0.5) is 0 Å². The number of nitrogens with zero attached hydrogens (tertiary/aromatic N) is 4. The highest BCUT2D eigenvalue weighted by Gasteiger charge is 2.16. The van der Waals surface area contributed by atoms with E-state index in [-0.39, 0.29) is 6.10 Å². The molecule has 0 spiro atoms. The van der Waals surface area contributed by atoms with Crippen molar-refractivity contribution < 1.29 is 4.74 Å². The molecule has 2 aromatic rings. The van der Waals surface area contributed by atoms with Gasteiger partial charge in [-0.25, -0.2) is 19.9 Å². The van der Waals surface area contributed by atoms with Gasteiger partial charge in [-0.2, -0.15) is 0 Å². The molecule has 1 fully saturated rings. The molecule has 1 N–H and O–H groups in total. The first kappa shape index (κ1) is 11.0. The van der Waals surface area contributed by atoms with Crippen LogP contribution in [0.3, 0.4) is 0 Å². The summed E-state index contributed by atoms with van der Waals surface area (Å²) in [5.41, 5.74) is 1.63. The van der Waals surface area contributed by atoms with Gasteiger partial charge in [0.25, 0.3) is 0 Å². The fourth-order valence-corrected chi connectivity index (χ4v) is 1.89. The Kier molecular flexibility index (Phi) is 3.10. The summed E-state index contributed by atoms with van der Waals surface area (Å²) >= 11 is 0. The van der Waals surface area contributed by atoms with Crippen molar-refractivity contribution in [2.45, 2.75) is 12.5 Å². The van der Waals surface area contributed by atoms with Gasteiger partial charge < -0.3 is 10.1 Å². The smallest absolute Gasteiger partial charge is 0.217 e. The van der Waals surface area contributed by atoms with Crippen molar-refractivity contribution in [1.82, 2.24) is 25.3 Å². The predicted octanol–water partition coefficient (Wildman–Crippen LogP) is 0.674. The molecule has 18 heavy (non-hydrogen) atoms. The topological polar surface area (TPSA) is 72.8 Å². The average Bonchev–Trinajstić information content (AvgIpc) is 2.93. The minimum atomic E-state index is 0.194. The Bertz CT molecular complexity index is 513. The van der Waals surface area contributed by atoms with Crippen LogP contribution >= 0.6 is 0 Å². The molecular weight excluding hydrogens is 230 g/mol. The first-order chi connectivity index (χ1) is 8.92. The van der Waals surface area contributed by atoms with E-state index in [9.17, 15) is 0 Å². The third-order valence-electron chi connectivity index (χ3n) is 2.80. The van der Waals surface area contributed by atoms with E-state index in [1.54, 1.807) is 12.4 Å². The lowest BCUT2D eigenvalue weighted by Crippen LogP contribution is -2.20. The quantitative estimate of drug-likeness (QED) is 0.854. The van der Waals surface area contributed by atoms with E-state index in [1.165, 1.54) is 12.7 Å². The van der Waals surface area contributed by atoms with E-state index in [4.69, 9.17) is 4.74 Å². The number of ether oxygens (including phenoxy) is 1. The normalized spacial score (nSPS) is 18.8. The Morgan fingerprint density at radius 2 is 2.06 bits per heavy atom. The van der Waals surface area contributed by atoms with Crippen LogP contribution in [0.2, 0.25) is 0 Å². The Hall–Kier alpha value is -2.08. The maximum Gasteiger partial charge on any atom is 0.217 e. The van der Waals surface area contributed by atoms with Crippen molar-refractivity contribution in [2.75, 3.05) is 13.1 Å². The van der Waals surface area contributed by atoms with E-state index < -0.39 is 0 Å². The molecule has 3 heterocycles.